The van der Waals surface area contributed by atoms with Crippen LogP contribution in [-0.4, -0.2) is 15.1 Å². The zero-order chi connectivity index (χ0) is 38.3. The van der Waals surface area contributed by atoms with Crippen LogP contribution in [0.1, 0.15) is 52.7 Å². The van der Waals surface area contributed by atoms with Crippen LogP contribution < -0.4 is 4.90 Å². The second-order valence-corrected chi connectivity index (χ2v) is 17.1. The van der Waals surface area contributed by atoms with E-state index in [-0.39, 0.29) is 16.6 Å². The lowest BCUT2D eigenvalue weighted by Crippen LogP contribution is -2.16. The number of phenolic OH excluding ortho intramolecular Hbond substituents is 1. The number of aromatic nitrogens is 2. The highest BCUT2D eigenvalue weighted by Gasteiger charge is 2.24. The maximum Gasteiger partial charge on any atom is 0.137 e. The number of hydrogen-bond donors (Lipinski definition) is 1. The van der Waals surface area contributed by atoms with Gasteiger partial charge >= 0.3 is 0 Å². The second-order valence-electron chi connectivity index (χ2n) is 16.2. The lowest BCUT2D eigenvalue weighted by Gasteiger charge is -2.28. The number of anilines is 3. The molecule has 0 saturated heterocycles. The molecule has 4 nitrogen and oxygen atoms in total. The summed E-state index contributed by atoms with van der Waals surface area (Å²) in [5.41, 5.74) is 12.1. The van der Waals surface area contributed by atoms with E-state index in [2.05, 4.69) is 161 Å². The summed E-state index contributed by atoms with van der Waals surface area (Å²) in [6.45, 7) is 13.6. The van der Waals surface area contributed by atoms with E-state index in [0.717, 1.165) is 50.7 Å². The van der Waals surface area contributed by atoms with Crippen LogP contribution in [0.2, 0.25) is 0 Å². The highest BCUT2D eigenvalue weighted by atomic mass is 32.1. The SMILES string of the molecule is CC(C)(C)c1cc(-c2cc(-c3cccc(N(c4ccccn4)c4c(-c5ccccc5)ccc5ccsc45)c3)nc(-c3ccccc3O)c2)cc(C(C)(C)C)c1. The van der Waals surface area contributed by atoms with Gasteiger partial charge in [-0.2, -0.15) is 0 Å². The maximum atomic E-state index is 11.1. The number of benzene rings is 5. The number of thiophene rings is 1. The number of nitrogens with zero attached hydrogens (tertiary/aromatic N) is 3. The van der Waals surface area contributed by atoms with Crippen molar-refractivity contribution < 1.29 is 5.11 Å². The van der Waals surface area contributed by atoms with Gasteiger partial charge in [0.05, 0.1) is 21.8 Å². The lowest BCUT2D eigenvalue weighted by atomic mass is 9.79. The van der Waals surface area contributed by atoms with Gasteiger partial charge in [-0.1, -0.05) is 133 Å². The first-order valence-electron chi connectivity index (χ1n) is 18.8. The first kappa shape index (κ1) is 36.0. The van der Waals surface area contributed by atoms with Gasteiger partial charge < -0.3 is 5.11 Å². The number of rotatable bonds is 7. The number of pyridine rings is 2. The van der Waals surface area contributed by atoms with Crippen LogP contribution in [0.25, 0.3) is 54.9 Å². The third-order valence-corrected chi connectivity index (χ3v) is 11.1. The molecule has 8 rings (SSSR count). The van der Waals surface area contributed by atoms with Crippen LogP contribution >= 0.6 is 11.3 Å². The average Bonchev–Trinajstić information content (AvgIpc) is 3.68. The number of fused-ring (bicyclic) bond motifs is 1. The number of hydrogen-bond acceptors (Lipinski definition) is 5. The molecule has 3 heterocycles. The Kier molecular flexibility index (Phi) is 9.36. The molecule has 0 aliphatic heterocycles. The smallest absolute Gasteiger partial charge is 0.137 e. The van der Waals surface area contributed by atoms with Gasteiger partial charge in [-0.15, -0.1) is 11.3 Å². The van der Waals surface area contributed by atoms with E-state index in [9.17, 15) is 5.11 Å². The molecule has 5 heteroatoms. The van der Waals surface area contributed by atoms with Gasteiger partial charge in [0.15, 0.2) is 0 Å². The number of aromatic hydroxyl groups is 1. The molecule has 8 aromatic rings. The molecule has 272 valence electrons. The molecule has 0 atom stereocenters. The van der Waals surface area contributed by atoms with E-state index in [1.165, 1.54) is 21.2 Å². The summed E-state index contributed by atoms with van der Waals surface area (Å²) in [7, 11) is 0. The first-order valence-corrected chi connectivity index (χ1v) is 19.7. The molecule has 3 aromatic heterocycles. The van der Waals surface area contributed by atoms with Gasteiger partial charge in [0.2, 0.25) is 0 Å². The summed E-state index contributed by atoms with van der Waals surface area (Å²) < 4.78 is 1.19. The van der Waals surface area contributed by atoms with Gasteiger partial charge in [-0.3, -0.25) is 4.90 Å². The zero-order valence-corrected chi connectivity index (χ0v) is 33.0. The number of phenols is 1. The first-order chi connectivity index (χ1) is 26.4. The van der Waals surface area contributed by atoms with Crippen LogP contribution in [0.4, 0.5) is 17.2 Å². The maximum absolute atomic E-state index is 11.1. The van der Waals surface area contributed by atoms with Crippen molar-refractivity contribution >= 4 is 38.6 Å². The minimum atomic E-state index is -0.0420. The van der Waals surface area contributed by atoms with Gasteiger partial charge in [0.1, 0.15) is 11.6 Å². The molecule has 0 saturated carbocycles. The Morgan fingerprint density at radius 1 is 0.545 bits per heavy atom. The zero-order valence-electron chi connectivity index (χ0n) is 32.2. The number of para-hydroxylation sites is 1. The molecule has 55 heavy (non-hydrogen) atoms. The molecule has 0 bridgehead atoms. The quantitative estimate of drug-likeness (QED) is 0.177. The minimum Gasteiger partial charge on any atom is -0.507 e. The Balaban J connectivity index is 1.36. The Labute approximate surface area is 328 Å². The third kappa shape index (κ3) is 7.28. The Bertz CT molecular complexity index is 2600. The molecule has 5 aromatic carbocycles. The monoisotopic (exact) mass is 735 g/mol. The fourth-order valence-corrected chi connectivity index (χ4v) is 8.03. The van der Waals surface area contributed by atoms with Crippen molar-refractivity contribution in [3.05, 3.63) is 168 Å². The van der Waals surface area contributed by atoms with E-state index in [1.54, 1.807) is 17.4 Å². The van der Waals surface area contributed by atoms with Gasteiger partial charge in [0, 0.05) is 28.6 Å². The van der Waals surface area contributed by atoms with Crippen molar-refractivity contribution in [1.29, 1.82) is 0 Å². The molecule has 0 radical (unpaired) electrons. The van der Waals surface area contributed by atoms with Crippen molar-refractivity contribution in [2.45, 2.75) is 52.4 Å². The van der Waals surface area contributed by atoms with E-state index in [4.69, 9.17) is 9.97 Å². The standard InChI is InChI=1S/C50H45N3OS/c1-49(2,3)38-27-36(28-39(32-38)50(4,5)6)37-30-43(52-44(31-37)42-19-10-11-20-45(42)54)35-17-14-18-40(29-35)53(46-21-12-13-25-51-46)47-41(33-15-8-7-9-16-33)23-22-34-24-26-55-48(34)47/h7-32,54H,1-6H3. The highest BCUT2D eigenvalue weighted by molar-refractivity contribution is 7.18. The second kappa shape index (κ2) is 14.3. The van der Waals surface area contributed by atoms with Crippen molar-refractivity contribution in [1.82, 2.24) is 9.97 Å². The van der Waals surface area contributed by atoms with Crippen molar-refractivity contribution in [2.24, 2.45) is 0 Å². The third-order valence-electron chi connectivity index (χ3n) is 10.2. The lowest BCUT2D eigenvalue weighted by molar-refractivity contribution is 0.477. The molecule has 0 fully saturated rings. The van der Waals surface area contributed by atoms with Crippen LogP contribution in [0.15, 0.2) is 157 Å². The minimum absolute atomic E-state index is 0.0420. The largest absolute Gasteiger partial charge is 0.507 e. The molecule has 0 aliphatic rings. The van der Waals surface area contributed by atoms with E-state index in [0.29, 0.717) is 11.3 Å². The summed E-state index contributed by atoms with van der Waals surface area (Å²) in [6, 6.07) is 50.6. The van der Waals surface area contributed by atoms with Crippen molar-refractivity contribution in [3.63, 3.8) is 0 Å². The Morgan fingerprint density at radius 2 is 1.22 bits per heavy atom. The summed E-state index contributed by atoms with van der Waals surface area (Å²) in [5.74, 6) is 1.02. The van der Waals surface area contributed by atoms with Crippen LogP contribution in [0.5, 0.6) is 5.75 Å². The summed E-state index contributed by atoms with van der Waals surface area (Å²) in [6.07, 6.45) is 1.85. The van der Waals surface area contributed by atoms with Crippen LogP contribution in [0, 0.1) is 0 Å². The molecule has 0 amide bonds. The van der Waals surface area contributed by atoms with E-state index >= 15 is 0 Å². The van der Waals surface area contributed by atoms with Gasteiger partial charge in [0.25, 0.3) is 0 Å². The molecular formula is C50H45N3OS. The van der Waals surface area contributed by atoms with Crippen LogP contribution in [-0.2, 0) is 10.8 Å². The Morgan fingerprint density at radius 3 is 1.93 bits per heavy atom. The predicted octanol–water partition coefficient (Wildman–Crippen LogP) is 14.1. The van der Waals surface area contributed by atoms with E-state index < -0.39 is 0 Å². The predicted molar refractivity (Wildman–Crippen MR) is 233 cm³/mol. The molecule has 0 unspecified atom stereocenters. The molecule has 0 spiro atoms. The summed E-state index contributed by atoms with van der Waals surface area (Å²) in [4.78, 5) is 12.5. The fraction of sp³-hybridized carbons (Fsp3) is 0.160. The molecular weight excluding hydrogens is 691 g/mol. The Hall–Kier alpha value is -6.04. The van der Waals surface area contributed by atoms with Crippen molar-refractivity contribution in [3.8, 4) is 50.5 Å². The fourth-order valence-electron chi connectivity index (χ4n) is 7.09. The highest BCUT2D eigenvalue weighted by Crippen LogP contribution is 2.47. The average molecular weight is 736 g/mol. The topological polar surface area (TPSA) is 49.2 Å². The summed E-state index contributed by atoms with van der Waals surface area (Å²) >= 11 is 1.74. The molecule has 0 aliphatic carbocycles. The summed E-state index contributed by atoms with van der Waals surface area (Å²) in [5, 5.41) is 14.4. The van der Waals surface area contributed by atoms with E-state index in [1.807, 2.05) is 36.5 Å². The van der Waals surface area contributed by atoms with Gasteiger partial charge in [-0.05, 0) is 104 Å². The normalized spacial score (nSPS) is 11.9. The van der Waals surface area contributed by atoms with Crippen LogP contribution in [0.3, 0.4) is 0 Å². The molecule has 1 N–H and O–H groups in total. The van der Waals surface area contributed by atoms with Gasteiger partial charge in [-0.25, -0.2) is 9.97 Å². The van der Waals surface area contributed by atoms with Crippen molar-refractivity contribution in [2.75, 3.05) is 4.90 Å².